The molecule has 0 radical (unpaired) electrons. The smallest absolute Gasteiger partial charge is 0.341 e. The second kappa shape index (κ2) is 8.27. The van der Waals surface area contributed by atoms with Gasteiger partial charge in [-0.2, -0.15) is 0 Å². The molecule has 1 aromatic heterocycles. The largest absolute Gasteiger partial charge is 0.492 e. The van der Waals surface area contributed by atoms with E-state index in [2.05, 4.69) is 9.88 Å². The van der Waals surface area contributed by atoms with Crippen LogP contribution in [0.15, 0.2) is 48.5 Å². The molecule has 0 saturated carbocycles. The first-order chi connectivity index (χ1) is 13.0. The van der Waals surface area contributed by atoms with E-state index in [4.69, 9.17) is 9.47 Å². The lowest BCUT2D eigenvalue weighted by Crippen LogP contribution is -2.19. The van der Waals surface area contributed by atoms with Gasteiger partial charge in [0.15, 0.2) is 0 Å². The van der Waals surface area contributed by atoms with Crippen LogP contribution in [0.3, 0.4) is 0 Å². The quantitative estimate of drug-likeness (QED) is 0.632. The van der Waals surface area contributed by atoms with E-state index in [1.807, 2.05) is 76.5 Å². The number of carbonyl (C=O) groups is 1. The summed E-state index contributed by atoms with van der Waals surface area (Å²) < 4.78 is 11.5. The van der Waals surface area contributed by atoms with Crippen molar-refractivity contribution in [3.8, 4) is 5.75 Å². The van der Waals surface area contributed by atoms with E-state index in [9.17, 15) is 4.79 Å². The number of hydrogen-bond donors (Lipinski definition) is 1. The molecule has 27 heavy (non-hydrogen) atoms. The highest BCUT2D eigenvalue weighted by Crippen LogP contribution is 2.28. The van der Waals surface area contributed by atoms with Gasteiger partial charge in [0.1, 0.15) is 18.5 Å². The predicted octanol–water partition coefficient (Wildman–Crippen LogP) is 4.33. The van der Waals surface area contributed by atoms with Crippen molar-refractivity contribution in [1.29, 1.82) is 0 Å². The summed E-state index contributed by atoms with van der Waals surface area (Å²) in [5, 5.41) is 0.820. The molecule has 5 heteroatoms. The van der Waals surface area contributed by atoms with Crippen molar-refractivity contribution in [1.82, 2.24) is 9.88 Å². The summed E-state index contributed by atoms with van der Waals surface area (Å²) in [6.45, 7) is 5.18. The van der Waals surface area contributed by atoms with Crippen molar-refractivity contribution in [2.24, 2.45) is 0 Å². The number of H-pyrrole nitrogens is 1. The summed E-state index contributed by atoms with van der Waals surface area (Å²) in [5.41, 5.74) is 3.22. The van der Waals surface area contributed by atoms with Crippen molar-refractivity contribution < 1.29 is 14.3 Å². The lowest BCUT2D eigenvalue weighted by molar-refractivity contribution is 0.0339. The maximum Gasteiger partial charge on any atom is 0.341 e. The van der Waals surface area contributed by atoms with Crippen LogP contribution in [0.1, 0.15) is 34.6 Å². The maximum absolute atomic E-state index is 12.8. The highest BCUT2D eigenvalue weighted by Gasteiger charge is 2.20. The molecule has 1 unspecified atom stereocenters. The third-order valence-corrected chi connectivity index (χ3v) is 4.52. The van der Waals surface area contributed by atoms with Crippen LogP contribution in [0.25, 0.3) is 10.9 Å². The minimum Gasteiger partial charge on any atom is -0.492 e. The van der Waals surface area contributed by atoms with Gasteiger partial charge < -0.3 is 19.4 Å². The summed E-state index contributed by atoms with van der Waals surface area (Å²) in [5.74, 6) is 0.411. The molecule has 2 aromatic carbocycles. The normalized spacial score (nSPS) is 12.3. The number of nitrogens with zero attached hydrogens (tertiary/aromatic N) is 1. The molecule has 0 fully saturated rings. The second-order valence-corrected chi connectivity index (χ2v) is 6.94. The van der Waals surface area contributed by atoms with Gasteiger partial charge in [0.2, 0.25) is 0 Å². The van der Waals surface area contributed by atoms with Crippen molar-refractivity contribution in [3.63, 3.8) is 0 Å². The fourth-order valence-corrected chi connectivity index (χ4v) is 3.02. The fraction of sp³-hybridized carbons (Fsp3) is 0.318. The fourth-order valence-electron chi connectivity index (χ4n) is 3.02. The van der Waals surface area contributed by atoms with E-state index in [1.165, 1.54) is 0 Å². The van der Waals surface area contributed by atoms with Crippen molar-refractivity contribution >= 4 is 16.9 Å². The lowest BCUT2D eigenvalue weighted by Gasteiger charge is -2.14. The van der Waals surface area contributed by atoms with Gasteiger partial charge in [-0.3, -0.25) is 0 Å². The number of esters is 1. The Balaban J connectivity index is 1.82. The second-order valence-electron chi connectivity index (χ2n) is 6.94. The van der Waals surface area contributed by atoms with Crippen LogP contribution >= 0.6 is 0 Å². The summed E-state index contributed by atoms with van der Waals surface area (Å²) in [7, 11) is 4.01. The predicted molar refractivity (Wildman–Crippen MR) is 107 cm³/mol. The Labute approximate surface area is 159 Å². The van der Waals surface area contributed by atoms with Gasteiger partial charge in [-0.15, -0.1) is 0 Å². The molecule has 5 nitrogen and oxygen atoms in total. The molecule has 0 aliphatic rings. The molecular weight excluding hydrogens is 340 g/mol. The minimum absolute atomic E-state index is 0.317. The van der Waals surface area contributed by atoms with Gasteiger partial charge in [-0.05, 0) is 51.7 Å². The van der Waals surface area contributed by atoms with Crippen molar-refractivity contribution in [2.45, 2.75) is 20.0 Å². The number of ether oxygens (including phenoxy) is 2. The zero-order valence-corrected chi connectivity index (χ0v) is 16.3. The van der Waals surface area contributed by atoms with Crippen LogP contribution in [-0.2, 0) is 4.74 Å². The third-order valence-electron chi connectivity index (χ3n) is 4.52. The first-order valence-corrected chi connectivity index (χ1v) is 9.11. The van der Waals surface area contributed by atoms with Crippen LogP contribution in [0, 0.1) is 6.92 Å². The third kappa shape index (κ3) is 4.49. The average molecular weight is 366 g/mol. The number of benzene rings is 2. The Kier molecular flexibility index (Phi) is 5.81. The number of hydrogen-bond acceptors (Lipinski definition) is 4. The van der Waals surface area contributed by atoms with E-state index >= 15 is 0 Å². The minimum atomic E-state index is -0.333. The average Bonchev–Trinajstić information content (AvgIpc) is 2.97. The molecule has 0 saturated heterocycles. The zero-order valence-electron chi connectivity index (χ0n) is 16.3. The Bertz CT molecular complexity index is 916. The summed E-state index contributed by atoms with van der Waals surface area (Å²) in [4.78, 5) is 18.2. The Morgan fingerprint density at radius 1 is 1.15 bits per heavy atom. The lowest BCUT2D eigenvalue weighted by atomic mass is 10.1. The van der Waals surface area contributed by atoms with Gasteiger partial charge in [0.05, 0.1) is 5.56 Å². The number of carbonyl (C=O) groups excluding carboxylic acids is 1. The van der Waals surface area contributed by atoms with Gasteiger partial charge in [0, 0.05) is 23.1 Å². The molecule has 0 aliphatic carbocycles. The SMILES string of the molecule is Cc1[nH]c2ccc(OCCN(C)C)cc2c1C(=O)OC(C)c1ccccc1. The Morgan fingerprint density at radius 3 is 2.59 bits per heavy atom. The van der Waals surface area contributed by atoms with Gasteiger partial charge in [-0.25, -0.2) is 4.79 Å². The van der Waals surface area contributed by atoms with E-state index in [0.29, 0.717) is 12.2 Å². The monoisotopic (exact) mass is 366 g/mol. The summed E-state index contributed by atoms with van der Waals surface area (Å²) >= 11 is 0. The highest BCUT2D eigenvalue weighted by molar-refractivity contribution is 6.06. The number of likely N-dealkylation sites (N-methyl/N-ethyl adjacent to an activating group) is 1. The van der Waals surface area contributed by atoms with Gasteiger partial charge in [-0.1, -0.05) is 30.3 Å². The number of aryl methyl sites for hydroxylation is 1. The van der Waals surface area contributed by atoms with E-state index in [-0.39, 0.29) is 12.1 Å². The molecule has 0 bridgehead atoms. The molecule has 3 rings (SSSR count). The van der Waals surface area contributed by atoms with Crippen molar-refractivity contribution in [3.05, 3.63) is 65.4 Å². The standard InChI is InChI=1S/C22H26N2O3/c1-15-21(22(25)27-16(2)17-8-6-5-7-9-17)19-14-18(10-11-20(19)23-15)26-13-12-24(3)4/h5-11,14,16,23H,12-13H2,1-4H3. The van der Waals surface area contributed by atoms with E-state index < -0.39 is 0 Å². The van der Waals surface area contributed by atoms with E-state index in [1.54, 1.807) is 0 Å². The van der Waals surface area contributed by atoms with Crippen LogP contribution < -0.4 is 4.74 Å². The molecule has 1 heterocycles. The molecule has 0 spiro atoms. The molecule has 142 valence electrons. The first-order valence-electron chi connectivity index (χ1n) is 9.11. The molecule has 0 aliphatic heterocycles. The molecular formula is C22H26N2O3. The summed E-state index contributed by atoms with van der Waals surface area (Å²) in [6.07, 6.45) is -0.317. The molecule has 1 atom stereocenters. The zero-order chi connectivity index (χ0) is 19.4. The first kappa shape index (κ1) is 19.0. The summed E-state index contributed by atoms with van der Waals surface area (Å²) in [6, 6.07) is 15.5. The highest BCUT2D eigenvalue weighted by atomic mass is 16.5. The number of fused-ring (bicyclic) bond motifs is 1. The number of aromatic amines is 1. The van der Waals surface area contributed by atoms with Crippen LogP contribution in [0.4, 0.5) is 0 Å². The maximum atomic E-state index is 12.8. The van der Waals surface area contributed by atoms with Crippen LogP contribution in [0.5, 0.6) is 5.75 Å². The Hall–Kier alpha value is -2.79. The molecule has 0 amide bonds. The number of rotatable bonds is 7. The van der Waals surface area contributed by atoms with Gasteiger partial charge in [0.25, 0.3) is 0 Å². The topological polar surface area (TPSA) is 54.6 Å². The van der Waals surface area contributed by atoms with E-state index in [0.717, 1.165) is 34.5 Å². The number of aromatic nitrogens is 1. The van der Waals surface area contributed by atoms with Crippen LogP contribution in [0.2, 0.25) is 0 Å². The molecule has 1 N–H and O–H groups in total. The Morgan fingerprint density at radius 2 is 1.89 bits per heavy atom. The number of nitrogens with one attached hydrogen (secondary N) is 1. The molecule has 3 aromatic rings. The van der Waals surface area contributed by atoms with Gasteiger partial charge >= 0.3 is 5.97 Å². The van der Waals surface area contributed by atoms with Crippen LogP contribution in [-0.4, -0.2) is 43.1 Å². The van der Waals surface area contributed by atoms with Crippen molar-refractivity contribution in [2.75, 3.05) is 27.2 Å².